The second-order valence-corrected chi connectivity index (χ2v) is 9.49. The summed E-state index contributed by atoms with van der Waals surface area (Å²) >= 11 is 0. The van der Waals surface area contributed by atoms with Gasteiger partial charge in [0, 0.05) is 33.7 Å². The number of hydrogen-bond donors (Lipinski definition) is 2. The summed E-state index contributed by atoms with van der Waals surface area (Å²) < 4.78 is 0. The van der Waals surface area contributed by atoms with Gasteiger partial charge < -0.3 is 9.97 Å². The lowest BCUT2D eigenvalue weighted by molar-refractivity contribution is 0.795. The molecule has 6 rings (SSSR count). The average Bonchev–Trinajstić information content (AvgIpc) is 3.54. The number of imidazole rings is 2. The molecule has 0 radical (unpaired) electrons. The van der Waals surface area contributed by atoms with E-state index in [0.717, 1.165) is 61.2 Å². The van der Waals surface area contributed by atoms with Crippen molar-refractivity contribution in [2.75, 3.05) is 0 Å². The molecular formula is C28H26N6. The van der Waals surface area contributed by atoms with Crippen molar-refractivity contribution >= 4 is 32.4 Å². The summed E-state index contributed by atoms with van der Waals surface area (Å²) in [5.41, 5.74) is 5.14. The number of aromatic nitrogens is 6. The Labute approximate surface area is 197 Å². The number of nitrogens with zero attached hydrogens (tertiary/aromatic N) is 4. The first-order chi connectivity index (χ1) is 16.5. The van der Waals surface area contributed by atoms with E-state index in [-0.39, 0.29) is 0 Å². The predicted molar refractivity (Wildman–Crippen MR) is 138 cm³/mol. The molecule has 3 heterocycles. The van der Waals surface area contributed by atoms with Gasteiger partial charge in [0.1, 0.15) is 17.2 Å². The van der Waals surface area contributed by atoms with E-state index in [0.29, 0.717) is 11.8 Å². The summed E-state index contributed by atoms with van der Waals surface area (Å²) in [6, 6.07) is 15.2. The molecule has 3 aromatic carbocycles. The van der Waals surface area contributed by atoms with Crippen LogP contribution in [-0.4, -0.2) is 30.1 Å². The average molecular weight is 447 g/mol. The number of nitrogens with one attached hydrogen (secondary N) is 2. The van der Waals surface area contributed by atoms with E-state index in [1.54, 1.807) is 6.20 Å². The Kier molecular flexibility index (Phi) is 4.69. The minimum Gasteiger partial charge on any atom is -0.342 e. The van der Waals surface area contributed by atoms with Crippen LogP contribution in [0.5, 0.6) is 0 Å². The Bertz CT molecular complexity index is 1530. The molecule has 0 aliphatic carbocycles. The van der Waals surface area contributed by atoms with Gasteiger partial charge >= 0.3 is 0 Å². The summed E-state index contributed by atoms with van der Waals surface area (Å²) in [6.45, 7) is 8.56. The van der Waals surface area contributed by atoms with E-state index in [2.05, 4.69) is 100 Å². The normalized spacial score (nSPS) is 12.1. The van der Waals surface area contributed by atoms with Crippen LogP contribution >= 0.6 is 0 Å². The standard InChI is InChI=1S/C28H26N6/c1-15(2)27-29-13-24(32-27)17-5-7-19-20-8-6-18(25-14-30-28(33-25)16(3)4)12-23(20)26-21(22(19)11-17)9-10-31-34-26/h5-16H,1-4H3,(H,29,32)(H,30,33). The number of hydrogen-bond acceptors (Lipinski definition) is 4. The summed E-state index contributed by atoms with van der Waals surface area (Å²) in [6.07, 6.45) is 5.59. The maximum Gasteiger partial charge on any atom is 0.109 e. The third kappa shape index (κ3) is 3.25. The van der Waals surface area contributed by atoms with E-state index in [9.17, 15) is 0 Å². The lowest BCUT2D eigenvalue weighted by atomic mass is 9.94. The fraction of sp³-hybridized carbons (Fsp3) is 0.214. The highest BCUT2D eigenvalue weighted by Crippen LogP contribution is 2.37. The molecule has 2 N–H and O–H groups in total. The summed E-state index contributed by atoms with van der Waals surface area (Å²) in [7, 11) is 0. The van der Waals surface area contributed by atoms with Crippen LogP contribution in [0, 0.1) is 0 Å². The highest BCUT2D eigenvalue weighted by molar-refractivity contribution is 6.24. The topological polar surface area (TPSA) is 83.1 Å². The van der Waals surface area contributed by atoms with Gasteiger partial charge in [-0.1, -0.05) is 52.0 Å². The van der Waals surface area contributed by atoms with Gasteiger partial charge in [-0.25, -0.2) is 9.97 Å². The fourth-order valence-electron chi connectivity index (χ4n) is 4.61. The molecule has 0 fully saturated rings. The molecule has 0 unspecified atom stereocenters. The lowest BCUT2D eigenvalue weighted by Gasteiger charge is -2.11. The molecule has 0 amide bonds. The molecule has 0 spiro atoms. The van der Waals surface area contributed by atoms with Gasteiger partial charge in [-0.3, -0.25) is 0 Å². The number of H-pyrrole nitrogens is 2. The van der Waals surface area contributed by atoms with Crippen LogP contribution in [0.4, 0.5) is 0 Å². The Morgan fingerprint density at radius 2 is 1.18 bits per heavy atom. The zero-order valence-corrected chi connectivity index (χ0v) is 19.7. The molecule has 6 heteroatoms. The van der Waals surface area contributed by atoms with Crippen molar-refractivity contribution in [1.82, 2.24) is 30.1 Å². The smallest absolute Gasteiger partial charge is 0.109 e. The highest BCUT2D eigenvalue weighted by atomic mass is 15.1. The Morgan fingerprint density at radius 3 is 1.74 bits per heavy atom. The van der Waals surface area contributed by atoms with Crippen LogP contribution in [0.25, 0.3) is 55.0 Å². The first-order valence-corrected chi connectivity index (χ1v) is 11.7. The Balaban J connectivity index is 1.58. The zero-order chi connectivity index (χ0) is 23.4. The molecule has 0 atom stereocenters. The van der Waals surface area contributed by atoms with Crippen molar-refractivity contribution in [1.29, 1.82) is 0 Å². The molecule has 3 aromatic heterocycles. The van der Waals surface area contributed by atoms with Crippen LogP contribution in [-0.2, 0) is 0 Å². The van der Waals surface area contributed by atoms with E-state index in [4.69, 9.17) is 0 Å². The van der Waals surface area contributed by atoms with Gasteiger partial charge in [0.05, 0.1) is 30.0 Å². The maximum absolute atomic E-state index is 4.56. The van der Waals surface area contributed by atoms with Crippen LogP contribution in [0.3, 0.4) is 0 Å². The zero-order valence-electron chi connectivity index (χ0n) is 19.7. The first kappa shape index (κ1) is 20.5. The summed E-state index contributed by atoms with van der Waals surface area (Å²) in [5, 5.41) is 14.5. The van der Waals surface area contributed by atoms with E-state index >= 15 is 0 Å². The lowest BCUT2D eigenvalue weighted by Crippen LogP contribution is -1.91. The Hall–Kier alpha value is -4.06. The van der Waals surface area contributed by atoms with Crippen molar-refractivity contribution in [3.05, 3.63) is 72.7 Å². The third-order valence-corrected chi connectivity index (χ3v) is 6.50. The Morgan fingerprint density at radius 1 is 0.618 bits per heavy atom. The molecule has 168 valence electrons. The minimum absolute atomic E-state index is 0.352. The number of fused-ring (bicyclic) bond motifs is 6. The van der Waals surface area contributed by atoms with E-state index in [1.807, 2.05) is 12.4 Å². The molecule has 6 aromatic rings. The van der Waals surface area contributed by atoms with E-state index in [1.165, 1.54) is 5.39 Å². The molecular weight excluding hydrogens is 420 g/mol. The van der Waals surface area contributed by atoms with Crippen LogP contribution in [0.15, 0.2) is 61.1 Å². The van der Waals surface area contributed by atoms with Crippen molar-refractivity contribution in [2.24, 2.45) is 0 Å². The van der Waals surface area contributed by atoms with Gasteiger partial charge in [0.25, 0.3) is 0 Å². The molecule has 34 heavy (non-hydrogen) atoms. The number of benzene rings is 3. The number of aromatic amines is 2. The molecule has 0 saturated heterocycles. The quantitative estimate of drug-likeness (QED) is 0.287. The van der Waals surface area contributed by atoms with Crippen LogP contribution in [0.2, 0.25) is 0 Å². The largest absolute Gasteiger partial charge is 0.342 e. The van der Waals surface area contributed by atoms with Gasteiger partial charge in [0.15, 0.2) is 0 Å². The second kappa shape index (κ2) is 7.76. The van der Waals surface area contributed by atoms with Crippen LogP contribution in [0.1, 0.15) is 51.2 Å². The van der Waals surface area contributed by atoms with Crippen molar-refractivity contribution < 1.29 is 0 Å². The second-order valence-electron chi connectivity index (χ2n) is 9.49. The molecule has 6 nitrogen and oxygen atoms in total. The SMILES string of the molecule is CC(C)c1ncc(-c2ccc3c(c2)c2ccnnc2c2cc(-c4cnc(C(C)C)[nH]4)ccc32)[nH]1. The number of rotatable bonds is 4. The first-order valence-electron chi connectivity index (χ1n) is 11.7. The fourth-order valence-corrected chi connectivity index (χ4v) is 4.61. The van der Waals surface area contributed by atoms with Crippen molar-refractivity contribution in [2.45, 2.75) is 39.5 Å². The summed E-state index contributed by atoms with van der Waals surface area (Å²) in [5.74, 6) is 2.70. The molecule has 0 saturated carbocycles. The summed E-state index contributed by atoms with van der Waals surface area (Å²) in [4.78, 5) is 16.0. The van der Waals surface area contributed by atoms with Gasteiger partial charge in [0.2, 0.25) is 0 Å². The van der Waals surface area contributed by atoms with E-state index < -0.39 is 0 Å². The molecule has 0 bridgehead atoms. The minimum atomic E-state index is 0.352. The van der Waals surface area contributed by atoms with Crippen molar-refractivity contribution in [3.8, 4) is 22.5 Å². The monoisotopic (exact) mass is 446 g/mol. The van der Waals surface area contributed by atoms with Crippen LogP contribution < -0.4 is 0 Å². The van der Waals surface area contributed by atoms with Gasteiger partial charge in [-0.2, -0.15) is 5.10 Å². The molecule has 0 aliphatic rings. The highest BCUT2D eigenvalue weighted by Gasteiger charge is 2.14. The van der Waals surface area contributed by atoms with Gasteiger partial charge in [-0.05, 0) is 34.4 Å². The van der Waals surface area contributed by atoms with Crippen molar-refractivity contribution in [3.63, 3.8) is 0 Å². The van der Waals surface area contributed by atoms with Gasteiger partial charge in [-0.15, -0.1) is 5.10 Å². The maximum atomic E-state index is 4.56. The molecule has 0 aliphatic heterocycles. The predicted octanol–water partition coefficient (Wildman–Crippen LogP) is 6.96. The third-order valence-electron chi connectivity index (χ3n) is 6.50.